The van der Waals surface area contributed by atoms with Crippen molar-refractivity contribution in [2.45, 2.75) is 10.6 Å². The van der Waals surface area contributed by atoms with Crippen molar-refractivity contribution >= 4 is 39.1 Å². The molecule has 0 radical (unpaired) electrons. The maximum Gasteiger partial charge on any atom is 0.142 e. The van der Waals surface area contributed by atoms with Crippen molar-refractivity contribution in [3.05, 3.63) is 47.4 Å². The molecule has 1 N–H and O–H groups in total. The van der Waals surface area contributed by atoms with Crippen LogP contribution in [0.15, 0.2) is 40.6 Å². The molecule has 3 nitrogen and oxygen atoms in total. The minimum Gasteiger partial charge on any atom is -0.372 e. The van der Waals surface area contributed by atoms with Gasteiger partial charge in [-0.05, 0) is 35.7 Å². The highest BCUT2D eigenvalue weighted by Crippen LogP contribution is 2.27. The van der Waals surface area contributed by atoms with E-state index in [-0.39, 0.29) is 5.82 Å². The lowest BCUT2D eigenvalue weighted by Crippen LogP contribution is -1.99. The third-order valence-electron chi connectivity index (χ3n) is 2.79. The Morgan fingerprint density at radius 1 is 1.20 bits per heavy atom. The number of rotatable bonds is 4. The second kappa shape index (κ2) is 5.76. The zero-order valence-electron chi connectivity index (χ0n) is 10.8. The number of thioether (sulfide) groups is 1. The fourth-order valence-electron chi connectivity index (χ4n) is 1.83. The Bertz CT molecular complexity index is 725. The van der Waals surface area contributed by atoms with E-state index >= 15 is 0 Å². The van der Waals surface area contributed by atoms with Crippen LogP contribution < -0.4 is 5.32 Å². The predicted octanol–water partition coefficient (Wildman–Crippen LogP) is 4.16. The molecule has 20 heavy (non-hydrogen) atoms. The minimum atomic E-state index is -0.219. The zero-order chi connectivity index (χ0) is 13.9. The molecule has 0 atom stereocenters. The average molecular weight is 305 g/mol. The molecule has 3 aromatic rings. The Morgan fingerprint density at radius 3 is 2.75 bits per heavy atom. The van der Waals surface area contributed by atoms with E-state index < -0.39 is 0 Å². The first-order chi connectivity index (χ1) is 9.76. The van der Waals surface area contributed by atoms with Crippen LogP contribution in [0.2, 0.25) is 0 Å². The molecule has 0 fully saturated rings. The van der Waals surface area contributed by atoms with Gasteiger partial charge in [0.15, 0.2) is 0 Å². The van der Waals surface area contributed by atoms with Crippen molar-refractivity contribution in [2.75, 3.05) is 12.4 Å². The largest absolute Gasteiger partial charge is 0.372 e. The van der Waals surface area contributed by atoms with Gasteiger partial charge in [-0.25, -0.2) is 14.4 Å². The number of fused-ring (bicyclic) bond motifs is 1. The number of nitrogens with zero attached hydrogens (tertiary/aromatic N) is 2. The average Bonchev–Trinajstić information content (AvgIpc) is 2.94. The Hall–Kier alpha value is -1.66. The second-order valence-electron chi connectivity index (χ2n) is 4.12. The van der Waals surface area contributed by atoms with Gasteiger partial charge in [0.25, 0.3) is 0 Å². The first kappa shape index (κ1) is 13.3. The number of hydrogen-bond acceptors (Lipinski definition) is 5. The van der Waals surface area contributed by atoms with Gasteiger partial charge < -0.3 is 5.32 Å². The van der Waals surface area contributed by atoms with Crippen molar-refractivity contribution in [2.24, 2.45) is 0 Å². The van der Waals surface area contributed by atoms with Gasteiger partial charge in [-0.1, -0.05) is 0 Å². The highest BCUT2D eigenvalue weighted by Gasteiger charge is 2.08. The van der Waals surface area contributed by atoms with Crippen molar-refractivity contribution in [1.29, 1.82) is 0 Å². The van der Waals surface area contributed by atoms with Crippen LogP contribution in [0.3, 0.4) is 0 Å². The molecule has 0 saturated heterocycles. The summed E-state index contributed by atoms with van der Waals surface area (Å²) in [6.07, 6.45) is 0. The number of thiophene rings is 1. The SMILES string of the molecule is CNc1nc(CSc2ccc(F)cc2)nc2sccc12. The standard InChI is InChI=1S/C14H12FN3S2/c1-16-13-11-6-7-19-14(11)18-12(17-13)8-20-10-4-2-9(15)3-5-10/h2-7H,8H2,1H3,(H,16,17,18). The molecule has 1 aromatic carbocycles. The number of aromatic nitrogens is 2. The fourth-order valence-corrected chi connectivity index (χ4v) is 3.37. The molecule has 0 bridgehead atoms. The van der Waals surface area contributed by atoms with Gasteiger partial charge in [0, 0.05) is 11.9 Å². The summed E-state index contributed by atoms with van der Waals surface area (Å²) in [5.41, 5.74) is 0. The van der Waals surface area contributed by atoms with Crippen molar-refractivity contribution < 1.29 is 4.39 Å². The molecule has 0 aliphatic heterocycles. The summed E-state index contributed by atoms with van der Waals surface area (Å²) in [6, 6.07) is 8.48. The summed E-state index contributed by atoms with van der Waals surface area (Å²) in [4.78, 5) is 11.1. The van der Waals surface area contributed by atoms with Crippen LogP contribution in [-0.4, -0.2) is 17.0 Å². The number of benzene rings is 1. The van der Waals surface area contributed by atoms with Gasteiger partial charge in [0.05, 0.1) is 11.1 Å². The quantitative estimate of drug-likeness (QED) is 0.734. The van der Waals surface area contributed by atoms with E-state index in [9.17, 15) is 4.39 Å². The summed E-state index contributed by atoms with van der Waals surface area (Å²) in [7, 11) is 1.86. The van der Waals surface area contributed by atoms with Gasteiger partial charge in [0.1, 0.15) is 22.3 Å². The lowest BCUT2D eigenvalue weighted by atomic mass is 10.3. The monoisotopic (exact) mass is 305 g/mol. The molecule has 6 heteroatoms. The summed E-state index contributed by atoms with van der Waals surface area (Å²) in [6.45, 7) is 0. The summed E-state index contributed by atoms with van der Waals surface area (Å²) >= 11 is 3.20. The third-order valence-corrected chi connectivity index (χ3v) is 4.60. The van der Waals surface area contributed by atoms with E-state index in [0.29, 0.717) is 5.75 Å². The molecule has 0 amide bonds. The van der Waals surface area contributed by atoms with E-state index in [2.05, 4.69) is 15.3 Å². The van der Waals surface area contributed by atoms with E-state index in [0.717, 1.165) is 26.8 Å². The van der Waals surface area contributed by atoms with Crippen LogP contribution in [0.25, 0.3) is 10.2 Å². The smallest absolute Gasteiger partial charge is 0.142 e. The van der Waals surface area contributed by atoms with Crippen molar-refractivity contribution in [3.63, 3.8) is 0 Å². The van der Waals surface area contributed by atoms with Gasteiger partial charge in [-0.15, -0.1) is 23.1 Å². The predicted molar refractivity (Wildman–Crippen MR) is 82.9 cm³/mol. The zero-order valence-corrected chi connectivity index (χ0v) is 12.4. The van der Waals surface area contributed by atoms with Crippen LogP contribution in [0.4, 0.5) is 10.2 Å². The van der Waals surface area contributed by atoms with Gasteiger partial charge in [0.2, 0.25) is 0 Å². The van der Waals surface area contributed by atoms with Gasteiger partial charge in [-0.3, -0.25) is 0 Å². The van der Waals surface area contributed by atoms with Crippen molar-refractivity contribution in [3.8, 4) is 0 Å². The number of nitrogens with one attached hydrogen (secondary N) is 1. The molecule has 0 spiro atoms. The third kappa shape index (κ3) is 2.76. The van der Waals surface area contributed by atoms with Crippen LogP contribution >= 0.6 is 23.1 Å². The summed E-state index contributed by atoms with van der Waals surface area (Å²) < 4.78 is 12.8. The Morgan fingerprint density at radius 2 is 2.00 bits per heavy atom. The highest BCUT2D eigenvalue weighted by atomic mass is 32.2. The van der Waals surface area contributed by atoms with E-state index in [1.807, 2.05) is 18.5 Å². The summed E-state index contributed by atoms with van der Waals surface area (Å²) in [5, 5.41) is 6.16. The Labute approximate surface area is 124 Å². The first-order valence-corrected chi connectivity index (χ1v) is 7.93. The number of hydrogen-bond donors (Lipinski definition) is 1. The number of halogens is 1. The van der Waals surface area contributed by atoms with E-state index in [1.54, 1.807) is 35.2 Å². The molecule has 102 valence electrons. The van der Waals surface area contributed by atoms with Crippen LogP contribution in [0.1, 0.15) is 5.82 Å². The first-order valence-electron chi connectivity index (χ1n) is 6.06. The second-order valence-corrected chi connectivity index (χ2v) is 6.06. The van der Waals surface area contributed by atoms with Crippen LogP contribution in [0.5, 0.6) is 0 Å². The van der Waals surface area contributed by atoms with Crippen molar-refractivity contribution in [1.82, 2.24) is 9.97 Å². The van der Waals surface area contributed by atoms with E-state index in [1.165, 1.54) is 12.1 Å². The Kier molecular flexibility index (Phi) is 3.84. The highest BCUT2D eigenvalue weighted by molar-refractivity contribution is 7.98. The lowest BCUT2D eigenvalue weighted by molar-refractivity contribution is 0.626. The fraction of sp³-hybridized carbons (Fsp3) is 0.143. The maximum atomic E-state index is 12.8. The molecule has 0 aliphatic carbocycles. The topological polar surface area (TPSA) is 37.8 Å². The molecule has 0 unspecified atom stereocenters. The van der Waals surface area contributed by atoms with Crippen LogP contribution in [-0.2, 0) is 5.75 Å². The molecule has 3 rings (SSSR count). The van der Waals surface area contributed by atoms with E-state index in [4.69, 9.17) is 0 Å². The summed E-state index contributed by atoms with van der Waals surface area (Å²) in [5.74, 6) is 2.07. The molecule has 0 saturated carbocycles. The molecule has 0 aliphatic rings. The molecular weight excluding hydrogens is 293 g/mol. The van der Waals surface area contributed by atoms with Gasteiger partial charge >= 0.3 is 0 Å². The molecule has 2 heterocycles. The number of anilines is 1. The molecule has 2 aromatic heterocycles. The lowest BCUT2D eigenvalue weighted by Gasteiger charge is -2.05. The van der Waals surface area contributed by atoms with Gasteiger partial charge in [-0.2, -0.15) is 0 Å². The van der Waals surface area contributed by atoms with Crippen LogP contribution in [0, 0.1) is 5.82 Å². The Balaban J connectivity index is 1.81. The molecular formula is C14H12FN3S2. The normalized spacial score (nSPS) is 10.9. The maximum absolute atomic E-state index is 12.8. The minimum absolute atomic E-state index is 0.219.